The first kappa shape index (κ1) is 8.81. The van der Waals surface area contributed by atoms with Crippen molar-refractivity contribution in [2.75, 3.05) is 6.61 Å². The summed E-state index contributed by atoms with van der Waals surface area (Å²) in [6, 6.07) is 0. The van der Waals surface area contributed by atoms with Gasteiger partial charge < -0.3 is 16.2 Å². The van der Waals surface area contributed by atoms with E-state index < -0.39 is 5.97 Å². The Morgan fingerprint density at radius 2 is 2.00 bits per heavy atom. The zero-order chi connectivity index (χ0) is 8.15. The van der Waals surface area contributed by atoms with Crippen molar-refractivity contribution < 1.29 is 9.53 Å². The highest BCUT2D eigenvalue weighted by Crippen LogP contribution is 1.95. The molecule has 0 fully saturated rings. The molecule has 0 aromatic rings. The first-order chi connectivity index (χ1) is 4.59. The second-order valence-corrected chi connectivity index (χ2v) is 1.80. The monoisotopic (exact) mass is 144 g/mol. The molecule has 0 aliphatic carbocycles. The summed E-state index contributed by atoms with van der Waals surface area (Å²) in [7, 11) is 0. The first-order valence-corrected chi connectivity index (χ1v) is 2.98. The van der Waals surface area contributed by atoms with Crippen LogP contribution in [0.3, 0.4) is 0 Å². The topological polar surface area (TPSA) is 78.3 Å². The molecule has 0 aromatic carbocycles. The SMILES string of the molecule is CCOC(=O)C(C)=C(N)N. The summed E-state index contributed by atoms with van der Waals surface area (Å²) in [5.74, 6) is -0.444. The normalized spacial score (nSPS) is 8.60. The molecule has 0 aliphatic rings. The van der Waals surface area contributed by atoms with Crippen LogP contribution in [0.15, 0.2) is 11.4 Å². The summed E-state index contributed by atoms with van der Waals surface area (Å²) in [5.41, 5.74) is 10.5. The van der Waals surface area contributed by atoms with Crippen molar-refractivity contribution in [1.29, 1.82) is 0 Å². The summed E-state index contributed by atoms with van der Waals surface area (Å²) in [6.45, 7) is 3.58. The third-order valence-corrected chi connectivity index (χ3v) is 1.01. The smallest absolute Gasteiger partial charge is 0.337 e. The second-order valence-electron chi connectivity index (χ2n) is 1.80. The van der Waals surface area contributed by atoms with Crippen molar-refractivity contribution in [1.82, 2.24) is 0 Å². The first-order valence-electron chi connectivity index (χ1n) is 2.98. The summed E-state index contributed by atoms with van der Waals surface area (Å²) < 4.78 is 4.61. The largest absolute Gasteiger partial charge is 0.463 e. The van der Waals surface area contributed by atoms with Crippen LogP contribution in [0.1, 0.15) is 13.8 Å². The van der Waals surface area contributed by atoms with Crippen molar-refractivity contribution in [3.05, 3.63) is 11.4 Å². The van der Waals surface area contributed by atoms with Gasteiger partial charge in [0.1, 0.15) is 5.82 Å². The Morgan fingerprint density at radius 3 is 2.30 bits per heavy atom. The molecule has 0 saturated heterocycles. The van der Waals surface area contributed by atoms with Gasteiger partial charge in [0, 0.05) is 0 Å². The maximum absolute atomic E-state index is 10.7. The zero-order valence-electron chi connectivity index (χ0n) is 6.18. The molecule has 0 radical (unpaired) electrons. The summed E-state index contributed by atoms with van der Waals surface area (Å²) in [4.78, 5) is 10.7. The van der Waals surface area contributed by atoms with Gasteiger partial charge in [0.15, 0.2) is 0 Å². The standard InChI is InChI=1S/C6H12N2O2/c1-3-10-6(9)4(2)5(7)8/h3,7-8H2,1-2H3. The van der Waals surface area contributed by atoms with Gasteiger partial charge in [0.05, 0.1) is 12.2 Å². The summed E-state index contributed by atoms with van der Waals surface area (Å²) in [5, 5.41) is 0. The van der Waals surface area contributed by atoms with Crippen LogP contribution in [-0.2, 0) is 9.53 Å². The Balaban J connectivity index is 4.09. The van der Waals surface area contributed by atoms with Crippen LogP contribution in [0.4, 0.5) is 0 Å². The molecule has 0 aromatic heterocycles. The summed E-state index contributed by atoms with van der Waals surface area (Å²) in [6.07, 6.45) is 0. The quantitative estimate of drug-likeness (QED) is 0.412. The van der Waals surface area contributed by atoms with Gasteiger partial charge in [-0.2, -0.15) is 0 Å². The molecular formula is C6H12N2O2. The molecule has 0 bridgehead atoms. The van der Waals surface area contributed by atoms with E-state index in [-0.39, 0.29) is 11.4 Å². The van der Waals surface area contributed by atoms with E-state index in [9.17, 15) is 4.79 Å². The predicted molar refractivity (Wildman–Crippen MR) is 37.7 cm³/mol. The third kappa shape index (κ3) is 2.39. The van der Waals surface area contributed by atoms with Gasteiger partial charge >= 0.3 is 5.97 Å². The Labute approximate surface area is 59.8 Å². The average Bonchev–Trinajstić information content (AvgIpc) is 1.87. The number of carbonyl (C=O) groups is 1. The minimum atomic E-state index is -0.456. The van der Waals surface area contributed by atoms with E-state index in [4.69, 9.17) is 11.5 Å². The molecule has 4 N–H and O–H groups in total. The van der Waals surface area contributed by atoms with Crippen LogP contribution in [0.5, 0.6) is 0 Å². The van der Waals surface area contributed by atoms with E-state index in [2.05, 4.69) is 4.74 Å². The number of hydrogen-bond donors (Lipinski definition) is 2. The van der Waals surface area contributed by atoms with Crippen molar-refractivity contribution >= 4 is 5.97 Å². The van der Waals surface area contributed by atoms with Crippen molar-refractivity contribution in [3.8, 4) is 0 Å². The molecule has 0 rings (SSSR count). The van der Waals surface area contributed by atoms with Gasteiger partial charge in [-0.1, -0.05) is 0 Å². The van der Waals surface area contributed by atoms with Gasteiger partial charge in [-0.25, -0.2) is 4.79 Å². The maximum Gasteiger partial charge on any atom is 0.337 e. The highest BCUT2D eigenvalue weighted by atomic mass is 16.5. The molecule has 4 heteroatoms. The van der Waals surface area contributed by atoms with Gasteiger partial charge in [-0.3, -0.25) is 0 Å². The van der Waals surface area contributed by atoms with Crippen LogP contribution in [0, 0.1) is 0 Å². The lowest BCUT2D eigenvalue weighted by atomic mass is 10.3. The third-order valence-electron chi connectivity index (χ3n) is 1.01. The number of ether oxygens (including phenoxy) is 1. The van der Waals surface area contributed by atoms with Gasteiger partial charge in [0.25, 0.3) is 0 Å². The second kappa shape index (κ2) is 3.76. The predicted octanol–water partition coefficient (Wildman–Crippen LogP) is -0.302. The highest BCUT2D eigenvalue weighted by molar-refractivity contribution is 5.88. The van der Waals surface area contributed by atoms with E-state index >= 15 is 0 Å². The molecule has 0 aliphatic heterocycles. The molecule has 0 unspecified atom stereocenters. The Bertz CT molecular complexity index is 159. The Morgan fingerprint density at radius 1 is 1.50 bits per heavy atom. The van der Waals surface area contributed by atoms with E-state index in [1.165, 1.54) is 6.92 Å². The zero-order valence-corrected chi connectivity index (χ0v) is 6.18. The molecule has 0 amide bonds. The van der Waals surface area contributed by atoms with Gasteiger partial charge in [0.2, 0.25) is 0 Å². The van der Waals surface area contributed by atoms with E-state index in [1.54, 1.807) is 6.92 Å². The lowest BCUT2D eigenvalue weighted by Gasteiger charge is -2.01. The number of esters is 1. The Hall–Kier alpha value is -1.19. The number of hydrogen-bond acceptors (Lipinski definition) is 4. The average molecular weight is 144 g/mol. The van der Waals surface area contributed by atoms with Crippen LogP contribution < -0.4 is 11.5 Å². The van der Waals surface area contributed by atoms with Crippen LogP contribution in [-0.4, -0.2) is 12.6 Å². The molecule has 0 atom stereocenters. The van der Waals surface area contributed by atoms with Crippen LogP contribution >= 0.6 is 0 Å². The molecular weight excluding hydrogens is 132 g/mol. The molecule has 0 saturated carbocycles. The van der Waals surface area contributed by atoms with Crippen LogP contribution in [0.25, 0.3) is 0 Å². The number of rotatable bonds is 2. The minimum absolute atomic E-state index is 0.0125. The summed E-state index contributed by atoms with van der Waals surface area (Å²) >= 11 is 0. The van der Waals surface area contributed by atoms with Crippen molar-refractivity contribution in [2.45, 2.75) is 13.8 Å². The van der Waals surface area contributed by atoms with Gasteiger partial charge in [-0.15, -0.1) is 0 Å². The van der Waals surface area contributed by atoms with E-state index in [0.717, 1.165) is 0 Å². The fourth-order valence-corrected chi connectivity index (χ4v) is 0.357. The lowest BCUT2D eigenvalue weighted by Crippen LogP contribution is -2.17. The number of carbonyl (C=O) groups excluding carboxylic acids is 1. The van der Waals surface area contributed by atoms with E-state index in [0.29, 0.717) is 6.61 Å². The molecule has 4 nitrogen and oxygen atoms in total. The fraction of sp³-hybridized carbons (Fsp3) is 0.500. The maximum atomic E-state index is 10.7. The number of nitrogens with two attached hydrogens (primary N) is 2. The Kier molecular flexibility index (Phi) is 3.32. The van der Waals surface area contributed by atoms with E-state index in [1.807, 2.05) is 0 Å². The lowest BCUT2D eigenvalue weighted by molar-refractivity contribution is -0.138. The molecule has 58 valence electrons. The minimum Gasteiger partial charge on any atom is -0.463 e. The fourth-order valence-electron chi connectivity index (χ4n) is 0.357. The molecule has 10 heavy (non-hydrogen) atoms. The highest BCUT2D eigenvalue weighted by Gasteiger charge is 2.05. The molecule has 0 spiro atoms. The van der Waals surface area contributed by atoms with Crippen molar-refractivity contribution in [2.24, 2.45) is 11.5 Å². The molecule has 0 heterocycles. The van der Waals surface area contributed by atoms with Crippen molar-refractivity contribution in [3.63, 3.8) is 0 Å². The van der Waals surface area contributed by atoms with Gasteiger partial charge in [-0.05, 0) is 13.8 Å². The van der Waals surface area contributed by atoms with Crippen LogP contribution in [0.2, 0.25) is 0 Å².